The van der Waals surface area contributed by atoms with Crippen molar-refractivity contribution in [1.29, 1.82) is 0 Å². The Morgan fingerprint density at radius 3 is 2.67 bits per heavy atom. The van der Waals surface area contributed by atoms with Crippen molar-refractivity contribution in [2.75, 3.05) is 31.6 Å². The van der Waals surface area contributed by atoms with E-state index in [1.54, 1.807) is 29.5 Å². The normalized spacial score (nSPS) is 15.8. The van der Waals surface area contributed by atoms with Crippen molar-refractivity contribution in [3.05, 3.63) is 74.5 Å². The molecule has 0 bridgehead atoms. The highest BCUT2D eigenvalue weighted by molar-refractivity contribution is 7.16. The van der Waals surface area contributed by atoms with Gasteiger partial charge in [0.15, 0.2) is 5.76 Å². The van der Waals surface area contributed by atoms with Crippen molar-refractivity contribution in [3.8, 4) is 0 Å². The Labute approximate surface area is 189 Å². The van der Waals surface area contributed by atoms with E-state index in [0.29, 0.717) is 23.3 Å². The second kappa shape index (κ2) is 9.54. The predicted molar refractivity (Wildman–Crippen MR) is 121 cm³/mol. The van der Waals surface area contributed by atoms with Gasteiger partial charge < -0.3 is 14.5 Å². The van der Waals surface area contributed by atoms with Gasteiger partial charge in [-0.05, 0) is 42.3 Å². The number of halogens is 2. The Hall–Kier alpha value is -1.83. The summed E-state index contributed by atoms with van der Waals surface area (Å²) in [5.41, 5.74) is 1.97. The van der Waals surface area contributed by atoms with Crippen molar-refractivity contribution in [3.63, 3.8) is 0 Å². The number of furan rings is 1. The number of carbonyl (C=O) groups excluding carboxylic acids is 1. The first-order chi connectivity index (χ1) is 14.6. The minimum Gasteiger partial charge on any atom is -0.459 e. The second-order valence-corrected chi connectivity index (χ2v) is 8.98. The predicted octanol–water partition coefficient (Wildman–Crippen LogP) is 5.88. The molecule has 1 amide bonds. The Kier molecular flexibility index (Phi) is 6.80. The van der Waals surface area contributed by atoms with Crippen molar-refractivity contribution in [2.45, 2.75) is 19.4 Å². The van der Waals surface area contributed by atoms with Crippen LogP contribution in [0.2, 0.25) is 10.0 Å². The lowest BCUT2D eigenvalue weighted by atomic mass is 9.97. The maximum Gasteiger partial charge on any atom is 0.291 e. The molecular weight excluding hydrogens is 443 g/mol. The van der Waals surface area contributed by atoms with E-state index in [4.69, 9.17) is 32.4 Å². The van der Waals surface area contributed by atoms with E-state index in [2.05, 4.69) is 23.2 Å². The number of carbonyl (C=O) groups is 1. The first-order valence-corrected chi connectivity index (χ1v) is 11.4. The third kappa shape index (κ3) is 4.58. The highest BCUT2D eigenvalue weighted by Gasteiger charge is 2.30. The molecule has 2 aromatic heterocycles. The number of hydrogen-bond acceptors (Lipinski definition) is 5. The lowest BCUT2D eigenvalue weighted by Crippen LogP contribution is -2.39. The van der Waals surface area contributed by atoms with Gasteiger partial charge in [0.1, 0.15) is 5.00 Å². The number of morpholine rings is 1. The quantitative estimate of drug-likeness (QED) is 0.494. The SMILES string of the molecule is CCc1cc([C@@H](c2ccc(Cl)cc2Cl)N2CCOCC2)c(NC(=O)c2ccco2)s1. The molecule has 3 heterocycles. The maximum atomic E-state index is 12.7. The fraction of sp³-hybridized carbons (Fsp3) is 0.318. The Morgan fingerprint density at radius 1 is 1.20 bits per heavy atom. The van der Waals surface area contributed by atoms with E-state index in [0.717, 1.165) is 35.6 Å². The fourth-order valence-corrected chi connectivity index (χ4v) is 5.16. The van der Waals surface area contributed by atoms with Crippen LogP contribution in [0.15, 0.2) is 47.1 Å². The van der Waals surface area contributed by atoms with Gasteiger partial charge in [0, 0.05) is 33.6 Å². The molecule has 0 spiro atoms. The molecule has 1 fully saturated rings. The molecular formula is C22H22Cl2N2O3S. The van der Waals surface area contributed by atoms with Gasteiger partial charge in [-0.3, -0.25) is 9.69 Å². The molecule has 0 radical (unpaired) electrons. The molecule has 1 aromatic carbocycles. The zero-order valence-electron chi connectivity index (χ0n) is 16.5. The number of anilines is 1. The smallest absolute Gasteiger partial charge is 0.291 e. The van der Waals surface area contributed by atoms with Crippen molar-refractivity contribution in [2.24, 2.45) is 0 Å². The summed E-state index contributed by atoms with van der Waals surface area (Å²) >= 11 is 14.4. The fourth-order valence-electron chi connectivity index (χ4n) is 3.63. The Morgan fingerprint density at radius 2 is 2.00 bits per heavy atom. The van der Waals surface area contributed by atoms with E-state index in [9.17, 15) is 4.79 Å². The van der Waals surface area contributed by atoms with Gasteiger partial charge in [0.25, 0.3) is 5.91 Å². The molecule has 0 saturated carbocycles. The van der Waals surface area contributed by atoms with Crippen LogP contribution in [0.5, 0.6) is 0 Å². The minimum atomic E-state index is -0.270. The third-order valence-electron chi connectivity index (χ3n) is 5.09. The molecule has 1 atom stereocenters. The van der Waals surface area contributed by atoms with Crippen molar-refractivity contribution < 1.29 is 13.9 Å². The standard InChI is InChI=1S/C22H22Cl2N2O3S/c1-2-15-13-17(22(30-15)25-21(27)19-4-3-9-29-19)20(26-7-10-28-11-8-26)16-6-5-14(23)12-18(16)24/h3-6,9,12-13,20H,2,7-8,10-11H2,1H3,(H,25,27)/t20-/m1/s1. The molecule has 158 valence electrons. The summed E-state index contributed by atoms with van der Waals surface area (Å²) in [6.07, 6.45) is 2.37. The molecule has 5 nitrogen and oxygen atoms in total. The number of rotatable bonds is 6. The zero-order chi connectivity index (χ0) is 21.1. The van der Waals surface area contributed by atoms with Gasteiger partial charge in [-0.2, -0.15) is 0 Å². The minimum absolute atomic E-state index is 0.123. The number of aryl methyl sites for hydroxylation is 1. The van der Waals surface area contributed by atoms with E-state index in [-0.39, 0.29) is 17.7 Å². The Bertz CT molecular complexity index is 1010. The van der Waals surface area contributed by atoms with Gasteiger partial charge in [-0.1, -0.05) is 36.2 Å². The number of benzene rings is 1. The van der Waals surface area contributed by atoms with E-state index in [1.807, 2.05) is 12.1 Å². The van der Waals surface area contributed by atoms with Gasteiger partial charge in [0.2, 0.25) is 0 Å². The summed E-state index contributed by atoms with van der Waals surface area (Å²) < 4.78 is 10.8. The summed E-state index contributed by atoms with van der Waals surface area (Å²) in [6, 6.07) is 11.0. The largest absolute Gasteiger partial charge is 0.459 e. The number of amides is 1. The van der Waals surface area contributed by atoms with E-state index < -0.39 is 0 Å². The first kappa shape index (κ1) is 21.4. The van der Waals surface area contributed by atoms with Gasteiger partial charge >= 0.3 is 0 Å². The summed E-state index contributed by atoms with van der Waals surface area (Å²) in [4.78, 5) is 16.2. The molecule has 4 rings (SSSR count). The van der Waals surface area contributed by atoms with Crippen LogP contribution in [0.25, 0.3) is 0 Å². The van der Waals surface area contributed by atoms with Crippen molar-refractivity contribution >= 4 is 45.4 Å². The van der Waals surface area contributed by atoms with Crippen LogP contribution in [0, 0.1) is 0 Å². The number of ether oxygens (including phenoxy) is 1. The molecule has 0 unspecified atom stereocenters. The zero-order valence-corrected chi connectivity index (χ0v) is 18.8. The van der Waals surface area contributed by atoms with Crippen LogP contribution >= 0.6 is 34.5 Å². The molecule has 1 saturated heterocycles. The highest BCUT2D eigenvalue weighted by Crippen LogP contribution is 2.42. The molecule has 1 aliphatic rings. The molecule has 30 heavy (non-hydrogen) atoms. The topological polar surface area (TPSA) is 54.7 Å². The van der Waals surface area contributed by atoms with Gasteiger partial charge in [-0.25, -0.2) is 0 Å². The summed E-state index contributed by atoms with van der Waals surface area (Å²) in [5.74, 6) is 0.00790. The van der Waals surface area contributed by atoms with Crippen LogP contribution in [0.1, 0.15) is 39.5 Å². The van der Waals surface area contributed by atoms with Crippen LogP contribution < -0.4 is 5.32 Å². The van der Waals surface area contributed by atoms with Crippen molar-refractivity contribution in [1.82, 2.24) is 4.90 Å². The van der Waals surface area contributed by atoms with Crippen LogP contribution in [-0.2, 0) is 11.2 Å². The molecule has 3 aromatic rings. The number of thiophene rings is 1. The average Bonchev–Trinajstić information content (AvgIpc) is 3.41. The maximum absolute atomic E-state index is 12.7. The molecule has 0 aliphatic carbocycles. The number of nitrogens with zero attached hydrogens (tertiary/aromatic N) is 1. The number of hydrogen-bond donors (Lipinski definition) is 1. The Balaban J connectivity index is 1.77. The molecule has 8 heteroatoms. The van der Waals surface area contributed by atoms with Crippen LogP contribution in [0.3, 0.4) is 0 Å². The van der Waals surface area contributed by atoms with E-state index in [1.165, 1.54) is 11.1 Å². The summed E-state index contributed by atoms with van der Waals surface area (Å²) in [6.45, 7) is 4.95. The summed E-state index contributed by atoms with van der Waals surface area (Å²) in [5, 5.41) is 5.04. The van der Waals surface area contributed by atoms with Gasteiger partial charge in [-0.15, -0.1) is 11.3 Å². The van der Waals surface area contributed by atoms with Gasteiger partial charge in [0.05, 0.1) is 25.5 Å². The molecule has 1 aliphatic heterocycles. The van der Waals surface area contributed by atoms with E-state index >= 15 is 0 Å². The first-order valence-electron chi connectivity index (χ1n) is 9.81. The van der Waals surface area contributed by atoms with Crippen LogP contribution in [0.4, 0.5) is 5.00 Å². The average molecular weight is 465 g/mol. The second-order valence-electron chi connectivity index (χ2n) is 7.00. The number of nitrogens with one attached hydrogen (secondary N) is 1. The lowest BCUT2D eigenvalue weighted by Gasteiger charge is -2.35. The van der Waals surface area contributed by atoms with Crippen LogP contribution in [-0.4, -0.2) is 37.1 Å². The monoisotopic (exact) mass is 464 g/mol. The third-order valence-corrected chi connectivity index (χ3v) is 6.87. The highest BCUT2D eigenvalue weighted by atomic mass is 35.5. The lowest BCUT2D eigenvalue weighted by molar-refractivity contribution is 0.0241. The summed E-state index contributed by atoms with van der Waals surface area (Å²) in [7, 11) is 0. The molecule has 1 N–H and O–H groups in total.